The van der Waals surface area contributed by atoms with Gasteiger partial charge in [0, 0.05) is 6.42 Å². The molecule has 2 nitrogen and oxygen atoms in total. The molecule has 1 saturated heterocycles. The monoisotopic (exact) mass is 170 g/mol. The predicted octanol–water partition coefficient (Wildman–Crippen LogP) is 2.50. The van der Waals surface area contributed by atoms with Gasteiger partial charge in [-0.2, -0.15) is 0 Å². The van der Waals surface area contributed by atoms with Crippen molar-refractivity contribution in [1.29, 1.82) is 0 Å². The molecular formula is C8H13NOP+. The minimum Gasteiger partial charge on any atom is -0.348 e. The maximum absolute atomic E-state index is 5.34. The van der Waals surface area contributed by atoms with Crippen molar-refractivity contribution in [3.63, 3.8) is 0 Å². The molecule has 1 heterocycles. The Bertz CT molecular complexity index is 206. The molecule has 0 N–H and O–H groups in total. The van der Waals surface area contributed by atoms with E-state index in [4.69, 9.17) is 4.84 Å². The van der Waals surface area contributed by atoms with E-state index >= 15 is 0 Å². The number of rotatable bonds is 2. The van der Waals surface area contributed by atoms with E-state index in [1.54, 1.807) is 4.83 Å². The lowest BCUT2D eigenvalue weighted by Crippen LogP contribution is -2.08. The van der Waals surface area contributed by atoms with Crippen molar-refractivity contribution in [1.82, 2.24) is 4.83 Å². The van der Waals surface area contributed by atoms with Crippen molar-refractivity contribution in [3.05, 3.63) is 24.6 Å². The largest absolute Gasteiger partial charge is 0.348 e. The molecule has 0 aromatic carbocycles. The highest BCUT2D eigenvalue weighted by Crippen LogP contribution is 2.41. The van der Waals surface area contributed by atoms with Crippen molar-refractivity contribution in [2.75, 3.05) is 6.16 Å². The number of allylic oxidation sites excluding steroid dienone is 2. The molecular weight excluding hydrogens is 157 g/mol. The number of hydrogen-bond acceptors (Lipinski definition) is 2. The molecule has 0 aliphatic carbocycles. The summed E-state index contributed by atoms with van der Waals surface area (Å²) in [6.45, 7) is 9.37. The Morgan fingerprint density at radius 1 is 1.73 bits per heavy atom. The van der Waals surface area contributed by atoms with E-state index in [0.717, 1.165) is 18.3 Å². The molecule has 1 aliphatic rings. The van der Waals surface area contributed by atoms with Gasteiger partial charge in [-0.25, -0.2) is 0 Å². The van der Waals surface area contributed by atoms with Crippen LogP contribution in [0.2, 0.25) is 0 Å². The zero-order valence-corrected chi connectivity index (χ0v) is 7.73. The Labute approximate surface area is 68.6 Å². The third kappa shape index (κ3) is 1.84. The van der Waals surface area contributed by atoms with Gasteiger partial charge in [0.05, 0.1) is 5.70 Å². The van der Waals surface area contributed by atoms with Gasteiger partial charge in [0.15, 0.2) is 0 Å². The number of hydroxylamine groups is 1. The first-order chi connectivity index (χ1) is 5.11. The van der Waals surface area contributed by atoms with Crippen LogP contribution < -0.4 is 0 Å². The van der Waals surface area contributed by atoms with E-state index in [1.165, 1.54) is 0 Å². The second kappa shape index (κ2) is 3.10. The molecule has 0 amide bonds. The zero-order chi connectivity index (χ0) is 8.43. The molecule has 1 fully saturated rings. The normalized spacial score (nSPS) is 20.6. The van der Waals surface area contributed by atoms with Gasteiger partial charge in [-0.15, -0.1) is 0 Å². The molecule has 1 atom stereocenters. The summed E-state index contributed by atoms with van der Waals surface area (Å²) in [6.07, 6.45) is 6.07. The second-order valence-corrected chi connectivity index (χ2v) is 4.44. The Morgan fingerprint density at radius 2 is 2.36 bits per heavy atom. The van der Waals surface area contributed by atoms with Gasteiger partial charge in [0.1, 0.15) is 18.2 Å². The topological polar surface area (TPSA) is 12.5 Å². The van der Waals surface area contributed by atoms with Crippen molar-refractivity contribution in [2.45, 2.75) is 13.3 Å². The van der Waals surface area contributed by atoms with Crippen LogP contribution in [0.3, 0.4) is 0 Å². The molecule has 3 heteroatoms. The molecule has 1 unspecified atom stereocenters. The second-order valence-electron chi connectivity index (χ2n) is 2.61. The average Bonchev–Trinajstić information content (AvgIpc) is 2.18. The number of nitrogens with zero attached hydrogens (tertiary/aromatic N) is 1. The van der Waals surface area contributed by atoms with E-state index in [-0.39, 0.29) is 0 Å². The first-order valence-electron chi connectivity index (χ1n) is 3.50. The van der Waals surface area contributed by atoms with Crippen LogP contribution >= 0.6 is 7.70 Å². The standard InChI is InChI=1S/C8H13NOP/c1-7(2)10-9-8(3)5-6-11(9)4/h1,3-6H2,2H3/q+1. The van der Waals surface area contributed by atoms with Gasteiger partial charge in [-0.05, 0) is 11.8 Å². The minimum atomic E-state index is -0.400. The quantitative estimate of drug-likeness (QED) is 0.466. The third-order valence-electron chi connectivity index (χ3n) is 1.43. The predicted molar refractivity (Wildman–Crippen MR) is 50.4 cm³/mol. The summed E-state index contributed by atoms with van der Waals surface area (Å²) in [4.78, 5) is 7.14. The van der Waals surface area contributed by atoms with Gasteiger partial charge < -0.3 is 4.84 Å². The van der Waals surface area contributed by atoms with Gasteiger partial charge in [0.25, 0.3) is 0 Å². The van der Waals surface area contributed by atoms with Crippen LogP contribution in [0, 0.1) is 0 Å². The lowest BCUT2D eigenvalue weighted by molar-refractivity contribution is 0.00681. The molecule has 0 spiro atoms. The van der Waals surface area contributed by atoms with Gasteiger partial charge in [-0.3, -0.25) is 0 Å². The van der Waals surface area contributed by atoms with Crippen LogP contribution in [-0.2, 0) is 4.84 Å². The molecule has 0 aromatic heterocycles. The van der Waals surface area contributed by atoms with Gasteiger partial charge >= 0.3 is 0 Å². The number of hydrogen-bond donors (Lipinski definition) is 0. The highest BCUT2D eigenvalue weighted by atomic mass is 31.1. The van der Waals surface area contributed by atoms with Gasteiger partial charge in [0.2, 0.25) is 7.70 Å². The van der Waals surface area contributed by atoms with Gasteiger partial charge in [-0.1, -0.05) is 13.2 Å². The smallest absolute Gasteiger partial charge is 0.243 e. The Kier molecular flexibility index (Phi) is 2.35. The first kappa shape index (κ1) is 8.35. The molecule has 1 aliphatic heterocycles. The fourth-order valence-electron chi connectivity index (χ4n) is 0.914. The first-order valence-corrected chi connectivity index (χ1v) is 5.17. The molecule has 11 heavy (non-hydrogen) atoms. The summed E-state index contributed by atoms with van der Waals surface area (Å²) in [5, 5.41) is 0. The summed E-state index contributed by atoms with van der Waals surface area (Å²) in [6, 6.07) is 0. The average molecular weight is 170 g/mol. The Hall–Kier alpha value is -0.750. The minimum absolute atomic E-state index is 0.400. The Balaban J connectivity index is 2.62. The Morgan fingerprint density at radius 3 is 2.73 bits per heavy atom. The molecule has 1 rings (SSSR count). The molecule has 60 valence electrons. The molecule has 0 bridgehead atoms. The zero-order valence-electron chi connectivity index (χ0n) is 6.84. The van der Waals surface area contributed by atoms with Crippen LogP contribution in [0.5, 0.6) is 0 Å². The summed E-state index contributed by atoms with van der Waals surface area (Å²) in [7, 11) is -0.400. The van der Waals surface area contributed by atoms with Crippen molar-refractivity contribution in [3.8, 4) is 0 Å². The third-order valence-corrected chi connectivity index (χ3v) is 3.05. The summed E-state index contributed by atoms with van der Waals surface area (Å²) >= 11 is 0. The molecule has 0 radical (unpaired) electrons. The van der Waals surface area contributed by atoms with Crippen LogP contribution in [0.15, 0.2) is 24.6 Å². The summed E-state index contributed by atoms with van der Waals surface area (Å²) in [5.74, 6) is 0.698. The van der Waals surface area contributed by atoms with Crippen LogP contribution in [0.4, 0.5) is 0 Å². The van der Waals surface area contributed by atoms with E-state index in [9.17, 15) is 0 Å². The lowest BCUT2D eigenvalue weighted by Gasteiger charge is -2.11. The lowest BCUT2D eigenvalue weighted by atomic mass is 10.4. The highest BCUT2D eigenvalue weighted by Gasteiger charge is 2.31. The van der Waals surface area contributed by atoms with Crippen LogP contribution in [0.1, 0.15) is 13.3 Å². The van der Waals surface area contributed by atoms with Crippen molar-refractivity contribution < 1.29 is 4.84 Å². The van der Waals surface area contributed by atoms with E-state index < -0.39 is 7.70 Å². The van der Waals surface area contributed by atoms with Crippen molar-refractivity contribution in [2.24, 2.45) is 0 Å². The fourth-order valence-corrected chi connectivity index (χ4v) is 2.37. The summed E-state index contributed by atoms with van der Waals surface area (Å²) < 4.78 is 0. The fraction of sp³-hybridized carbons (Fsp3) is 0.375. The van der Waals surface area contributed by atoms with E-state index in [2.05, 4.69) is 19.5 Å². The maximum Gasteiger partial charge on any atom is 0.243 e. The SMILES string of the molecule is C=C(C)ON1C(=C)CC[P+]1=C. The van der Waals surface area contributed by atoms with Crippen molar-refractivity contribution >= 4 is 14.0 Å². The maximum atomic E-state index is 5.34. The van der Waals surface area contributed by atoms with E-state index in [1.807, 2.05) is 6.92 Å². The molecule has 0 saturated carbocycles. The molecule has 0 aromatic rings. The summed E-state index contributed by atoms with van der Waals surface area (Å²) in [5.41, 5.74) is 1.02. The van der Waals surface area contributed by atoms with E-state index in [0.29, 0.717) is 5.76 Å². The highest BCUT2D eigenvalue weighted by molar-refractivity contribution is 7.53. The van der Waals surface area contributed by atoms with Crippen LogP contribution in [0.25, 0.3) is 0 Å². The van der Waals surface area contributed by atoms with Crippen LogP contribution in [-0.4, -0.2) is 17.3 Å².